The van der Waals surface area contributed by atoms with Gasteiger partial charge in [-0.15, -0.1) is 0 Å². The molecule has 1 heteroatoms. The van der Waals surface area contributed by atoms with Crippen molar-refractivity contribution in [2.75, 3.05) is 6.61 Å². The lowest BCUT2D eigenvalue weighted by molar-refractivity contribution is 0.282. The van der Waals surface area contributed by atoms with E-state index in [1.807, 2.05) is 0 Å². The number of aryl methyl sites for hydroxylation is 2. The van der Waals surface area contributed by atoms with Gasteiger partial charge < -0.3 is 5.11 Å². The number of aliphatic hydroxyl groups excluding tert-OH is 1. The molecule has 1 atom stereocenters. The molecule has 0 saturated heterocycles. The van der Waals surface area contributed by atoms with E-state index in [1.165, 1.54) is 38.9 Å². The van der Waals surface area contributed by atoms with Crippen LogP contribution in [0.4, 0.5) is 0 Å². The third-order valence-corrected chi connectivity index (χ3v) is 4.49. The van der Waals surface area contributed by atoms with Crippen LogP contribution in [0.5, 0.6) is 0 Å². The molecule has 1 nitrogen and oxygen atoms in total. The molecule has 2 aromatic carbocycles. The molecule has 0 aromatic heterocycles. The van der Waals surface area contributed by atoms with Crippen LogP contribution in [-0.4, -0.2) is 11.7 Å². The highest BCUT2D eigenvalue weighted by atomic mass is 16.3. The van der Waals surface area contributed by atoms with E-state index in [1.54, 1.807) is 0 Å². The third kappa shape index (κ3) is 1.89. The van der Waals surface area contributed by atoms with Crippen LogP contribution in [0.2, 0.25) is 0 Å². The average Bonchev–Trinajstić information content (AvgIpc) is 2.75. The summed E-state index contributed by atoms with van der Waals surface area (Å²) in [4.78, 5) is 0. The summed E-state index contributed by atoms with van der Waals surface area (Å²) in [5.74, 6) is 0.154. The first-order valence-corrected chi connectivity index (χ1v) is 7.51. The molecular formula is C19H22O. The minimum Gasteiger partial charge on any atom is -0.395 e. The van der Waals surface area contributed by atoms with Crippen LogP contribution in [0.1, 0.15) is 47.1 Å². The topological polar surface area (TPSA) is 20.2 Å². The monoisotopic (exact) mass is 266 g/mol. The number of aliphatic hydroxyl groups is 1. The number of fused-ring (bicyclic) bond motifs is 3. The van der Waals surface area contributed by atoms with Crippen LogP contribution in [0.25, 0.3) is 11.1 Å². The Hall–Kier alpha value is -1.60. The Labute approximate surface area is 121 Å². The molecule has 0 spiro atoms. The molecule has 1 unspecified atom stereocenters. The smallest absolute Gasteiger partial charge is 0.0541 e. The summed E-state index contributed by atoms with van der Waals surface area (Å²) in [7, 11) is 0. The van der Waals surface area contributed by atoms with E-state index in [9.17, 15) is 5.11 Å². The van der Waals surface area contributed by atoms with Gasteiger partial charge in [0.05, 0.1) is 6.61 Å². The minimum atomic E-state index is 0.154. The van der Waals surface area contributed by atoms with Crippen molar-refractivity contribution in [1.82, 2.24) is 0 Å². The van der Waals surface area contributed by atoms with E-state index < -0.39 is 0 Å². The fourth-order valence-corrected chi connectivity index (χ4v) is 3.55. The maximum absolute atomic E-state index is 9.93. The Balaban J connectivity index is 2.27. The zero-order valence-electron chi connectivity index (χ0n) is 12.5. The van der Waals surface area contributed by atoms with Crippen molar-refractivity contribution < 1.29 is 5.11 Å². The SMILES string of the molecule is CCCc1c(C)ccc2c1C(CO)c1cc(C)ccc1-2. The van der Waals surface area contributed by atoms with Crippen LogP contribution in [0, 0.1) is 13.8 Å². The summed E-state index contributed by atoms with van der Waals surface area (Å²) < 4.78 is 0. The van der Waals surface area contributed by atoms with Crippen LogP contribution < -0.4 is 0 Å². The maximum Gasteiger partial charge on any atom is 0.0541 e. The van der Waals surface area contributed by atoms with E-state index >= 15 is 0 Å². The quantitative estimate of drug-likeness (QED) is 0.875. The maximum atomic E-state index is 9.93. The lowest BCUT2D eigenvalue weighted by atomic mass is 9.89. The van der Waals surface area contributed by atoms with E-state index in [-0.39, 0.29) is 12.5 Å². The normalized spacial score (nSPS) is 16.1. The van der Waals surface area contributed by atoms with Crippen molar-refractivity contribution >= 4 is 0 Å². The van der Waals surface area contributed by atoms with Gasteiger partial charge in [0.25, 0.3) is 0 Å². The molecule has 20 heavy (non-hydrogen) atoms. The first-order valence-electron chi connectivity index (χ1n) is 7.51. The van der Waals surface area contributed by atoms with Gasteiger partial charge in [-0.2, -0.15) is 0 Å². The summed E-state index contributed by atoms with van der Waals surface area (Å²) in [6.07, 6.45) is 2.24. The molecule has 3 rings (SSSR count). The van der Waals surface area contributed by atoms with Gasteiger partial charge in [-0.25, -0.2) is 0 Å². The zero-order chi connectivity index (χ0) is 14.3. The molecule has 1 N–H and O–H groups in total. The predicted molar refractivity (Wildman–Crippen MR) is 84.3 cm³/mol. The van der Waals surface area contributed by atoms with Crippen molar-refractivity contribution in [3.8, 4) is 11.1 Å². The lowest BCUT2D eigenvalue weighted by Gasteiger charge is -2.17. The van der Waals surface area contributed by atoms with Gasteiger partial charge in [-0.3, -0.25) is 0 Å². The van der Waals surface area contributed by atoms with E-state index in [0.29, 0.717) is 0 Å². The minimum absolute atomic E-state index is 0.154. The molecule has 1 aliphatic rings. The second-order valence-corrected chi connectivity index (χ2v) is 5.90. The van der Waals surface area contributed by atoms with Gasteiger partial charge in [0.2, 0.25) is 0 Å². The highest BCUT2D eigenvalue weighted by molar-refractivity contribution is 5.81. The highest BCUT2D eigenvalue weighted by Gasteiger charge is 2.30. The molecule has 0 radical (unpaired) electrons. The Morgan fingerprint density at radius 1 is 1.05 bits per heavy atom. The van der Waals surface area contributed by atoms with Gasteiger partial charge in [0.15, 0.2) is 0 Å². The number of hydrogen-bond donors (Lipinski definition) is 1. The van der Waals surface area contributed by atoms with Crippen LogP contribution in [-0.2, 0) is 6.42 Å². The Morgan fingerprint density at radius 2 is 1.80 bits per heavy atom. The fourth-order valence-electron chi connectivity index (χ4n) is 3.55. The van der Waals surface area contributed by atoms with E-state index in [2.05, 4.69) is 51.1 Å². The van der Waals surface area contributed by atoms with Gasteiger partial charge in [-0.05, 0) is 53.6 Å². The molecule has 0 saturated carbocycles. The first kappa shape index (κ1) is 13.4. The molecule has 2 aromatic rings. The standard InChI is InChI=1S/C19H22O/c1-4-5-14-13(3)7-9-16-15-8-6-12(2)10-17(15)18(11-20)19(14)16/h6-10,18,20H,4-5,11H2,1-3H3. The molecule has 0 aliphatic heterocycles. The second kappa shape index (κ2) is 5.06. The number of rotatable bonds is 3. The van der Waals surface area contributed by atoms with Gasteiger partial charge in [0.1, 0.15) is 0 Å². The van der Waals surface area contributed by atoms with Crippen molar-refractivity contribution in [2.45, 2.75) is 39.5 Å². The van der Waals surface area contributed by atoms with Crippen LogP contribution in [0.15, 0.2) is 30.3 Å². The zero-order valence-corrected chi connectivity index (χ0v) is 12.5. The van der Waals surface area contributed by atoms with Crippen LogP contribution in [0.3, 0.4) is 0 Å². The van der Waals surface area contributed by atoms with Crippen LogP contribution >= 0.6 is 0 Å². The van der Waals surface area contributed by atoms with E-state index in [0.717, 1.165) is 12.8 Å². The molecule has 0 amide bonds. The third-order valence-electron chi connectivity index (χ3n) is 4.49. The summed E-state index contributed by atoms with van der Waals surface area (Å²) in [5.41, 5.74) is 9.37. The lowest BCUT2D eigenvalue weighted by Crippen LogP contribution is -2.06. The number of benzene rings is 2. The Kier molecular flexibility index (Phi) is 3.39. The molecule has 1 aliphatic carbocycles. The largest absolute Gasteiger partial charge is 0.395 e. The molecule has 0 heterocycles. The van der Waals surface area contributed by atoms with Gasteiger partial charge >= 0.3 is 0 Å². The van der Waals surface area contributed by atoms with Crippen molar-refractivity contribution in [3.63, 3.8) is 0 Å². The predicted octanol–water partition coefficient (Wildman–Crippen LogP) is 4.36. The van der Waals surface area contributed by atoms with Gasteiger partial charge in [-0.1, -0.05) is 49.2 Å². The Morgan fingerprint density at radius 3 is 2.50 bits per heavy atom. The Bertz CT molecular complexity index is 655. The molecule has 0 bridgehead atoms. The summed E-state index contributed by atoms with van der Waals surface area (Å²) in [5, 5.41) is 9.93. The van der Waals surface area contributed by atoms with Gasteiger partial charge in [0, 0.05) is 5.92 Å². The van der Waals surface area contributed by atoms with E-state index in [4.69, 9.17) is 0 Å². The summed E-state index contributed by atoms with van der Waals surface area (Å²) in [6.45, 7) is 6.73. The van der Waals surface area contributed by atoms with Crippen molar-refractivity contribution in [2.24, 2.45) is 0 Å². The highest BCUT2D eigenvalue weighted by Crippen LogP contribution is 2.47. The average molecular weight is 266 g/mol. The summed E-state index contributed by atoms with van der Waals surface area (Å²) >= 11 is 0. The number of hydrogen-bond acceptors (Lipinski definition) is 1. The fraction of sp³-hybridized carbons (Fsp3) is 0.368. The van der Waals surface area contributed by atoms with Crippen molar-refractivity contribution in [3.05, 3.63) is 58.1 Å². The first-order chi connectivity index (χ1) is 9.67. The summed E-state index contributed by atoms with van der Waals surface area (Å²) in [6, 6.07) is 11.1. The molecule has 0 fully saturated rings. The molecular weight excluding hydrogens is 244 g/mol. The second-order valence-electron chi connectivity index (χ2n) is 5.90. The molecule has 104 valence electrons. The van der Waals surface area contributed by atoms with Crippen molar-refractivity contribution in [1.29, 1.82) is 0 Å².